The van der Waals surface area contributed by atoms with Crippen LogP contribution in [0.3, 0.4) is 0 Å². The molecule has 26 heavy (non-hydrogen) atoms. The Morgan fingerprint density at radius 3 is 2.73 bits per heavy atom. The fraction of sp³-hybridized carbons (Fsp3) is 0.952. The topological polar surface area (TPSA) is 64.6 Å². The molecule has 3 N–H and O–H groups in total. The fourth-order valence-corrected chi connectivity index (χ4v) is 5.90. The third-order valence-electron chi connectivity index (χ3n) is 7.28. The van der Waals surface area contributed by atoms with E-state index >= 15 is 0 Å². The SMILES string of the molecule is CCCCC1CCC2NC(N(C)CC(=O)O)CC(C3CCCNC3)C2C1. The van der Waals surface area contributed by atoms with E-state index in [2.05, 4.69) is 17.6 Å². The maximum Gasteiger partial charge on any atom is 0.317 e. The molecule has 1 aliphatic carbocycles. The number of carboxylic acid groups (broad SMARTS) is 1. The lowest BCUT2D eigenvalue weighted by molar-refractivity contribution is -0.139. The van der Waals surface area contributed by atoms with Crippen LogP contribution in [-0.2, 0) is 4.79 Å². The minimum absolute atomic E-state index is 0.129. The molecule has 0 aromatic heterocycles. The number of fused-ring (bicyclic) bond motifs is 1. The van der Waals surface area contributed by atoms with Crippen LogP contribution in [0.5, 0.6) is 0 Å². The van der Waals surface area contributed by atoms with E-state index in [-0.39, 0.29) is 12.7 Å². The summed E-state index contributed by atoms with van der Waals surface area (Å²) in [6.45, 7) is 4.75. The van der Waals surface area contributed by atoms with E-state index in [4.69, 9.17) is 0 Å². The first-order valence-corrected chi connectivity index (χ1v) is 11.0. The molecule has 2 heterocycles. The Morgan fingerprint density at radius 1 is 1.19 bits per heavy atom. The molecule has 0 aromatic carbocycles. The highest BCUT2D eigenvalue weighted by molar-refractivity contribution is 5.69. The molecule has 0 radical (unpaired) electrons. The van der Waals surface area contributed by atoms with E-state index in [9.17, 15) is 9.90 Å². The number of carbonyl (C=O) groups is 1. The standard InChI is InChI=1S/C21H39N3O2/c1-3-4-6-15-8-9-19-18(11-15)17(16-7-5-10-22-13-16)12-20(23-19)24(2)14-21(25)26/h15-20,22-23H,3-14H2,1-2H3,(H,25,26). The van der Waals surface area contributed by atoms with Gasteiger partial charge in [0.1, 0.15) is 0 Å². The minimum atomic E-state index is -0.726. The van der Waals surface area contributed by atoms with Gasteiger partial charge in [0.25, 0.3) is 0 Å². The Labute approximate surface area is 159 Å². The lowest BCUT2D eigenvalue weighted by Crippen LogP contribution is -2.61. The second-order valence-corrected chi connectivity index (χ2v) is 9.09. The predicted molar refractivity (Wildman–Crippen MR) is 105 cm³/mol. The van der Waals surface area contributed by atoms with E-state index in [1.165, 1.54) is 51.4 Å². The van der Waals surface area contributed by atoms with Gasteiger partial charge in [-0.1, -0.05) is 26.2 Å². The maximum absolute atomic E-state index is 11.2. The molecule has 2 saturated heterocycles. The molecule has 6 unspecified atom stereocenters. The second kappa shape index (κ2) is 9.52. The molecule has 2 aliphatic heterocycles. The number of likely N-dealkylation sites (N-methyl/N-ethyl adjacent to an activating group) is 1. The molecule has 6 atom stereocenters. The molecule has 0 bridgehead atoms. The van der Waals surface area contributed by atoms with Gasteiger partial charge in [0.15, 0.2) is 0 Å². The average Bonchev–Trinajstić information content (AvgIpc) is 2.65. The number of rotatable bonds is 7. The highest BCUT2D eigenvalue weighted by Gasteiger charge is 2.44. The van der Waals surface area contributed by atoms with Gasteiger partial charge in [0.2, 0.25) is 0 Å². The van der Waals surface area contributed by atoms with E-state index < -0.39 is 5.97 Å². The second-order valence-electron chi connectivity index (χ2n) is 9.09. The molecule has 0 spiro atoms. The number of unbranched alkanes of at least 4 members (excludes halogenated alkanes) is 1. The summed E-state index contributed by atoms with van der Waals surface area (Å²) in [5.41, 5.74) is 0. The van der Waals surface area contributed by atoms with Crippen molar-refractivity contribution in [1.29, 1.82) is 0 Å². The third-order valence-corrected chi connectivity index (χ3v) is 7.28. The first-order chi connectivity index (χ1) is 12.6. The van der Waals surface area contributed by atoms with Gasteiger partial charge in [-0.15, -0.1) is 0 Å². The van der Waals surface area contributed by atoms with Crippen LogP contribution < -0.4 is 10.6 Å². The zero-order chi connectivity index (χ0) is 18.5. The van der Waals surface area contributed by atoms with Crippen molar-refractivity contribution in [2.75, 3.05) is 26.7 Å². The van der Waals surface area contributed by atoms with Crippen LogP contribution in [0.15, 0.2) is 0 Å². The Kier molecular flexibility index (Phi) is 7.35. The van der Waals surface area contributed by atoms with Crippen molar-refractivity contribution in [1.82, 2.24) is 15.5 Å². The molecule has 5 heteroatoms. The normalized spacial score (nSPS) is 38.1. The Hall–Kier alpha value is -0.650. The zero-order valence-electron chi connectivity index (χ0n) is 16.8. The maximum atomic E-state index is 11.2. The zero-order valence-corrected chi connectivity index (χ0v) is 16.8. The summed E-state index contributed by atoms with van der Waals surface area (Å²) in [6.07, 6.45) is 12.0. The molecule has 1 saturated carbocycles. The number of nitrogens with one attached hydrogen (secondary N) is 2. The molecule has 3 fully saturated rings. The van der Waals surface area contributed by atoms with Gasteiger partial charge in [-0.25, -0.2) is 0 Å². The van der Waals surface area contributed by atoms with Crippen LogP contribution >= 0.6 is 0 Å². The summed E-state index contributed by atoms with van der Waals surface area (Å²) in [7, 11) is 1.97. The molecule has 5 nitrogen and oxygen atoms in total. The minimum Gasteiger partial charge on any atom is -0.480 e. The van der Waals surface area contributed by atoms with Crippen molar-refractivity contribution in [2.45, 2.75) is 76.9 Å². The molecule has 3 aliphatic rings. The van der Waals surface area contributed by atoms with E-state index in [0.29, 0.717) is 6.04 Å². The van der Waals surface area contributed by atoms with E-state index in [1.807, 2.05) is 11.9 Å². The number of hydrogen-bond acceptors (Lipinski definition) is 4. The van der Waals surface area contributed by atoms with Crippen molar-refractivity contribution in [3.05, 3.63) is 0 Å². The Bertz CT molecular complexity index is 453. The summed E-state index contributed by atoms with van der Waals surface area (Å²) in [5, 5.41) is 16.7. The number of nitrogens with zero attached hydrogens (tertiary/aromatic N) is 1. The van der Waals surface area contributed by atoms with Gasteiger partial charge in [-0.3, -0.25) is 15.0 Å². The van der Waals surface area contributed by atoms with Gasteiger partial charge in [0, 0.05) is 6.04 Å². The van der Waals surface area contributed by atoms with Crippen LogP contribution in [-0.4, -0.2) is 54.9 Å². The third kappa shape index (κ3) is 4.99. The average molecular weight is 366 g/mol. The van der Waals surface area contributed by atoms with Crippen molar-refractivity contribution in [3.63, 3.8) is 0 Å². The van der Waals surface area contributed by atoms with Crippen LogP contribution in [0.2, 0.25) is 0 Å². The van der Waals surface area contributed by atoms with Gasteiger partial charge in [-0.05, 0) is 82.3 Å². The van der Waals surface area contributed by atoms with E-state index in [1.54, 1.807) is 0 Å². The van der Waals surface area contributed by atoms with Gasteiger partial charge in [0.05, 0.1) is 12.7 Å². The molecule has 150 valence electrons. The van der Waals surface area contributed by atoms with Gasteiger partial charge >= 0.3 is 5.97 Å². The van der Waals surface area contributed by atoms with Crippen molar-refractivity contribution in [2.24, 2.45) is 23.7 Å². The Balaban J connectivity index is 1.70. The number of piperidine rings is 2. The van der Waals surface area contributed by atoms with Gasteiger partial charge < -0.3 is 10.4 Å². The van der Waals surface area contributed by atoms with Crippen molar-refractivity contribution >= 4 is 5.97 Å². The lowest BCUT2D eigenvalue weighted by Gasteiger charge is -2.52. The smallest absolute Gasteiger partial charge is 0.317 e. The summed E-state index contributed by atoms with van der Waals surface area (Å²) in [4.78, 5) is 13.2. The molecule has 3 rings (SSSR count). The summed E-state index contributed by atoms with van der Waals surface area (Å²) in [5.74, 6) is 2.47. The molecular formula is C21H39N3O2. The summed E-state index contributed by atoms with van der Waals surface area (Å²) < 4.78 is 0. The van der Waals surface area contributed by atoms with Crippen molar-refractivity contribution in [3.8, 4) is 0 Å². The van der Waals surface area contributed by atoms with Crippen LogP contribution in [0, 0.1) is 23.7 Å². The predicted octanol–water partition coefficient (Wildman–Crippen LogP) is 2.91. The highest BCUT2D eigenvalue weighted by atomic mass is 16.4. The molecule has 0 amide bonds. The highest BCUT2D eigenvalue weighted by Crippen LogP contribution is 2.45. The van der Waals surface area contributed by atoms with Crippen LogP contribution in [0.1, 0.15) is 64.7 Å². The number of hydrogen-bond donors (Lipinski definition) is 3. The fourth-order valence-electron chi connectivity index (χ4n) is 5.90. The van der Waals surface area contributed by atoms with Crippen LogP contribution in [0.4, 0.5) is 0 Å². The Morgan fingerprint density at radius 2 is 2.04 bits per heavy atom. The quantitative estimate of drug-likeness (QED) is 0.647. The molecular weight excluding hydrogens is 326 g/mol. The summed E-state index contributed by atoms with van der Waals surface area (Å²) >= 11 is 0. The van der Waals surface area contributed by atoms with Crippen LogP contribution in [0.25, 0.3) is 0 Å². The largest absolute Gasteiger partial charge is 0.480 e. The number of aliphatic carboxylic acids is 1. The first-order valence-electron chi connectivity index (χ1n) is 11.0. The first kappa shape index (κ1) is 20.1. The van der Waals surface area contributed by atoms with Crippen molar-refractivity contribution < 1.29 is 9.90 Å². The number of carboxylic acids is 1. The molecule has 0 aromatic rings. The van der Waals surface area contributed by atoms with Gasteiger partial charge in [-0.2, -0.15) is 0 Å². The monoisotopic (exact) mass is 365 g/mol. The van der Waals surface area contributed by atoms with E-state index in [0.717, 1.165) is 43.2 Å². The summed E-state index contributed by atoms with van der Waals surface area (Å²) in [6, 6.07) is 0.579. The lowest BCUT2D eigenvalue weighted by atomic mass is 9.63.